The first-order valence-corrected chi connectivity index (χ1v) is 9.41. The second-order valence-electron chi connectivity index (χ2n) is 6.49. The van der Waals surface area contributed by atoms with Crippen molar-refractivity contribution in [1.82, 2.24) is 15.0 Å². The summed E-state index contributed by atoms with van der Waals surface area (Å²) in [5, 5.41) is 6.28. The molecule has 3 aromatic rings. The Hall–Kier alpha value is -3.13. The van der Waals surface area contributed by atoms with E-state index in [0.29, 0.717) is 37.6 Å². The molecule has 0 spiro atoms. The van der Waals surface area contributed by atoms with Gasteiger partial charge in [-0.25, -0.2) is 8.78 Å². The lowest BCUT2D eigenvalue weighted by molar-refractivity contribution is -0.117. The van der Waals surface area contributed by atoms with Crippen LogP contribution >= 0.6 is 0 Å². The summed E-state index contributed by atoms with van der Waals surface area (Å²) in [4.78, 5) is 18.4. The number of carbonyl (C=O) groups is 1. The van der Waals surface area contributed by atoms with Crippen LogP contribution in [0.5, 0.6) is 0 Å². The number of nitrogens with zero attached hydrogens (tertiary/aromatic N) is 3. The minimum Gasteiger partial charge on any atom is -0.339 e. The van der Waals surface area contributed by atoms with E-state index in [1.807, 2.05) is 42.2 Å². The lowest BCUT2D eigenvalue weighted by atomic mass is 10.2. The van der Waals surface area contributed by atoms with Crippen molar-refractivity contribution in [3.63, 3.8) is 0 Å². The second kappa shape index (κ2) is 9.88. The maximum absolute atomic E-state index is 13.7. The average Bonchev–Trinajstić information content (AvgIpc) is 3.20. The van der Waals surface area contributed by atoms with E-state index >= 15 is 0 Å². The van der Waals surface area contributed by atoms with Crippen molar-refractivity contribution in [3.05, 3.63) is 66.1 Å². The fourth-order valence-corrected chi connectivity index (χ4v) is 2.86. The van der Waals surface area contributed by atoms with Gasteiger partial charge in [-0.2, -0.15) is 4.98 Å². The largest absolute Gasteiger partial charge is 0.339 e. The number of para-hydroxylation sites is 1. The predicted octanol–water partition coefficient (Wildman–Crippen LogP) is 3.91. The lowest BCUT2D eigenvalue weighted by Gasteiger charge is -2.19. The van der Waals surface area contributed by atoms with E-state index in [1.165, 1.54) is 6.07 Å². The quantitative estimate of drug-likeness (QED) is 0.590. The Morgan fingerprint density at radius 2 is 1.83 bits per heavy atom. The summed E-state index contributed by atoms with van der Waals surface area (Å²) in [6.45, 7) is 3.17. The van der Waals surface area contributed by atoms with Crippen molar-refractivity contribution in [2.24, 2.45) is 0 Å². The molecule has 1 aromatic heterocycles. The third kappa shape index (κ3) is 5.68. The van der Waals surface area contributed by atoms with Gasteiger partial charge in [0.15, 0.2) is 0 Å². The van der Waals surface area contributed by atoms with Gasteiger partial charge in [-0.1, -0.05) is 48.5 Å². The summed E-state index contributed by atoms with van der Waals surface area (Å²) in [5.41, 5.74) is 0.461. The molecule has 152 valence electrons. The van der Waals surface area contributed by atoms with Crippen LogP contribution in [-0.4, -0.2) is 40.6 Å². The Bertz CT molecular complexity index is 927. The number of likely N-dealkylation sites (N-methyl/N-ethyl adjacent to an activating group) is 1. The average molecular weight is 400 g/mol. The predicted molar refractivity (Wildman–Crippen MR) is 105 cm³/mol. The fraction of sp³-hybridized carbons (Fsp3) is 0.286. The van der Waals surface area contributed by atoms with Crippen molar-refractivity contribution in [3.8, 4) is 11.4 Å². The standard InChI is InChI=1S/C21H22F2N4O2/c1-2-27(14-18(28)24-20-16(22)10-6-11-17(20)23)13-7-12-19-25-21(26-29-19)15-8-4-3-5-9-15/h3-6,8-11H,2,7,12-14H2,1H3,(H,24,28). The smallest absolute Gasteiger partial charge is 0.238 e. The van der Waals surface area contributed by atoms with Crippen LogP contribution in [0, 0.1) is 11.6 Å². The number of aromatic nitrogens is 2. The van der Waals surface area contributed by atoms with Crippen LogP contribution in [0.15, 0.2) is 53.1 Å². The van der Waals surface area contributed by atoms with Gasteiger partial charge in [-0.3, -0.25) is 9.69 Å². The number of benzene rings is 2. The summed E-state index contributed by atoms with van der Waals surface area (Å²) >= 11 is 0. The number of nitrogens with one attached hydrogen (secondary N) is 1. The lowest BCUT2D eigenvalue weighted by Crippen LogP contribution is -2.34. The second-order valence-corrected chi connectivity index (χ2v) is 6.49. The summed E-state index contributed by atoms with van der Waals surface area (Å²) in [7, 11) is 0. The maximum Gasteiger partial charge on any atom is 0.238 e. The number of rotatable bonds is 9. The Labute approximate surface area is 167 Å². The third-order valence-corrected chi connectivity index (χ3v) is 4.41. The Kier molecular flexibility index (Phi) is 7.02. The van der Waals surface area contributed by atoms with Gasteiger partial charge in [-0.15, -0.1) is 0 Å². The molecule has 29 heavy (non-hydrogen) atoms. The highest BCUT2D eigenvalue weighted by molar-refractivity contribution is 5.92. The van der Waals surface area contributed by atoms with Crippen molar-refractivity contribution < 1.29 is 18.1 Å². The molecule has 1 amide bonds. The molecule has 1 heterocycles. The van der Waals surface area contributed by atoms with E-state index < -0.39 is 23.2 Å². The Morgan fingerprint density at radius 1 is 1.10 bits per heavy atom. The minimum atomic E-state index is -0.799. The Balaban J connectivity index is 1.48. The van der Waals surface area contributed by atoms with Crippen molar-refractivity contribution in [2.45, 2.75) is 19.8 Å². The van der Waals surface area contributed by atoms with E-state index in [2.05, 4.69) is 15.5 Å². The molecule has 0 unspecified atom stereocenters. The van der Waals surface area contributed by atoms with Crippen molar-refractivity contribution >= 4 is 11.6 Å². The van der Waals surface area contributed by atoms with Gasteiger partial charge in [0.1, 0.15) is 17.3 Å². The molecule has 8 heteroatoms. The minimum absolute atomic E-state index is 0.0311. The molecule has 3 rings (SSSR count). The number of aryl methyl sites for hydroxylation is 1. The molecule has 0 aliphatic rings. The summed E-state index contributed by atoms with van der Waals surface area (Å²) in [6.07, 6.45) is 1.27. The molecule has 1 N–H and O–H groups in total. The number of amides is 1. The molecular formula is C21H22F2N4O2. The van der Waals surface area contributed by atoms with Crippen LogP contribution in [0.4, 0.5) is 14.5 Å². The van der Waals surface area contributed by atoms with Crippen LogP contribution in [-0.2, 0) is 11.2 Å². The van der Waals surface area contributed by atoms with Gasteiger partial charge >= 0.3 is 0 Å². The highest BCUT2D eigenvalue weighted by Gasteiger charge is 2.15. The van der Waals surface area contributed by atoms with E-state index in [-0.39, 0.29) is 6.54 Å². The number of carbonyl (C=O) groups excluding carboxylic acids is 1. The maximum atomic E-state index is 13.7. The van der Waals surface area contributed by atoms with E-state index in [9.17, 15) is 13.6 Å². The molecule has 0 saturated carbocycles. The van der Waals surface area contributed by atoms with Gasteiger partial charge in [0.2, 0.25) is 17.6 Å². The number of anilines is 1. The first-order chi connectivity index (χ1) is 14.1. The summed E-state index contributed by atoms with van der Waals surface area (Å²) in [6, 6.07) is 13.0. The van der Waals surface area contributed by atoms with Crippen LogP contribution in [0.2, 0.25) is 0 Å². The zero-order valence-electron chi connectivity index (χ0n) is 16.1. The van der Waals surface area contributed by atoms with E-state index in [1.54, 1.807) is 0 Å². The first kappa shape index (κ1) is 20.6. The van der Waals surface area contributed by atoms with Gasteiger partial charge in [0, 0.05) is 12.0 Å². The number of hydrogen-bond acceptors (Lipinski definition) is 5. The molecule has 0 bridgehead atoms. The monoisotopic (exact) mass is 400 g/mol. The zero-order valence-corrected chi connectivity index (χ0v) is 16.1. The van der Waals surface area contributed by atoms with Crippen molar-refractivity contribution in [2.75, 3.05) is 25.0 Å². The Morgan fingerprint density at radius 3 is 2.52 bits per heavy atom. The normalized spacial score (nSPS) is 11.0. The summed E-state index contributed by atoms with van der Waals surface area (Å²) < 4.78 is 32.6. The van der Waals surface area contributed by atoms with Crippen molar-refractivity contribution in [1.29, 1.82) is 0 Å². The first-order valence-electron chi connectivity index (χ1n) is 9.41. The summed E-state index contributed by atoms with van der Waals surface area (Å²) in [5.74, 6) is -1.00. The van der Waals surface area contributed by atoms with Crippen LogP contribution in [0.3, 0.4) is 0 Å². The van der Waals surface area contributed by atoms with Gasteiger partial charge in [0.25, 0.3) is 0 Å². The topological polar surface area (TPSA) is 71.3 Å². The molecule has 2 aromatic carbocycles. The van der Waals surface area contributed by atoms with E-state index in [0.717, 1.165) is 17.7 Å². The van der Waals surface area contributed by atoms with Crippen LogP contribution in [0.1, 0.15) is 19.2 Å². The van der Waals surface area contributed by atoms with Crippen LogP contribution in [0.25, 0.3) is 11.4 Å². The highest BCUT2D eigenvalue weighted by Crippen LogP contribution is 2.18. The molecule has 0 fully saturated rings. The molecule has 0 aliphatic heterocycles. The molecule has 0 saturated heterocycles. The van der Waals surface area contributed by atoms with Gasteiger partial charge in [0.05, 0.1) is 6.54 Å². The van der Waals surface area contributed by atoms with Gasteiger partial charge < -0.3 is 9.84 Å². The van der Waals surface area contributed by atoms with E-state index in [4.69, 9.17) is 4.52 Å². The number of hydrogen-bond donors (Lipinski definition) is 1. The fourth-order valence-electron chi connectivity index (χ4n) is 2.86. The zero-order chi connectivity index (χ0) is 20.6. The third-order valence-electron chi connectivity index (χ3n) is 4.41. The molecule has 0 atom stereocenters. The molecular weight excluding hydrogens is 378 g/mol. The van der Waals surface area contributed by atoms with Gasteiger partial charge in [-0.05, 0) is 31.6 Å². The highest BCUT2D eigenvalue weighted by atomic mass is 19.1. The molecule has 6 nitrogen and oxygen atoms in total. The number of halogens is 2. The molecule has 0 radical (unpaired) electrons. The SMILES string of the molecule is CCN(CCCc1nc(-c2ccccc2)no1)CC(=O)Nc1c(F)cccc1F. The van der Waals surface area contributed by atoms with Crippen LogP contribution < -0.4 is 5.32 Å². The molecule has 0 aliphatic carbocycles.